The first-order valence-electron chi connectivity index (χ1n) is 12.8. The van der Waals surface area contributed by atoms with Gasteiger partial charge in [-0.3, -0.25) is 9.59 Å². The molecule has 184 valence electrons. The summed E-state index contributed by atoms with van der Waals surface area (Å²) in [6.45, 7) is 12.5. The van der Waals surface area contributed by atoms with Gasteiger partial charge in [0.15, 0.2) is 5.78 Å². The second-order valence-electron chi connectivity index (χ2n) is 12.7. The van der Waals surface area contributed by atoms with Crippen LogP contribution in [-0.2, 0) is 19.1 Å². The lowest BCUT2D eigenvalue weighted by Crippen LogP contribution is -2.68. The standard InChI is InChI=1S/C28H42O5/c1-17(30)19-8-9-22-26(5)13-10-21-25(3,4)11-7-12-28(21,16-33-18(2)31)23(26)14-24(32)27(22,6)20(19)15-29/h8,15,20-24,32H,7,9-14,16H2,1-6H3. The van der Waals surface area contributed by atoms with Crippen molar-refractivity contribution in [3.8, 4) is 0 Å². The summed E-state index contributed by atoms with van der Waals surface area (Å²) in [7, 11) is 0. The Hall–Kier alpha value is -1.49. The molecule has 0 amide bonds. The summed E-state index contributed by atoms with van der Waals surface area (Å²) >= 11 is 0. The van der Waals surface area contributed by atoms with Crippen LogP contribution in [0.5, 0.6) is 0 Å². The van der Waals surface area contributed by atoms with E-state index in [0.29, 0.717) is 30.9 Å². The Morgan fingerprint density at radius 2 is 1.79 bits per heavy atom. The lowest BCUT2D eigenvalue weighted by Gasteiger charge is -2.70. The molecule has 1 N–H and O–H groups in total. The molecule has 8 unspecified atom stereocenters. The van der Waals surface area contributed by atoms with Gasteiger partial charge in [0.2, 0.25) is 0 Å². The third kappa shape index (κ3) is 3.39. The molecular weight excluding hydrogens is 416 g/mol. The number of aliphatic hydroxyl groups excluding tert-OH is 1. The molecule has 3 saturated carbocycles. The van der Waals surface area contributed by atoms with Crippen LogP contribution < -0.4 is 0 Å². The number of hydrogen-bond donors (Lipinski definition) is 1. The molecule has 5 heteroatoms. The topological polar surface area (TPSA) is 80.7 Å². The van der Waals surface area contributed by atoms with E-state index in [4.69, 9.17) is 4.74 Å². The number of hydrogen-bond acceptors (Lipinski definition) is 5. The molecule has 33 heavy (non-hydrogen) atoms. The molecule has 0 aromatic rings. The number of aliphatic hydroxyl groups is 1. The van der Waals surface area contributed by atoms with E-state index in [1.807, 2.05) is 13.0 Å². The predicted molar refractivity (Wildman–Crippen MR) is 126 cm³/mol. The summed E-state index contributed by atoms with van der Waals surface area (Å²) in [6, 6.07) is 0. The number of carbonyl (C=O) groups excluding carboxylic acids is 3. The first-order chi connectivity index (χ1) is 15.3. The Morgan fingerprint density at radius 1 is 1.09 bits per heavy atom. The van der Waals surface area contributed by atoms with E-state index >= 15 is 0 Å². The third-order valence-electron chi connectivity index (χ3n) is 11.0. The van der Waals surface area contributed by atoms with Gasteiger partial charge in [-0.25, -0.2) is 0 Å². The zero-order chi connectivity index (χ0) is 24.4. The maximum atomic E-state index is 12.4. The number of carbonyl (C=O) groups is 3. The maximum absolute atomic E-state index is 12.4. The molecule has 0 aromatic carbocycles. The van der Waals surface area contributed by atoms with E-state index in [1.54, 1.807) is 0 Å². The van der Waals surface area contributed by atoms with Gasteiger partial charge in [-0.05, 0) is 74.0 Å². The summed E-state index contributed by atoms with van der Waals surface area (Å²) in [4.78, 5) is 36.6. The molecule has 0 saturated heterocycles. The van der Waals surface area contributed by atoms with Crippen LogP contribution >= 0.6 is 0 Å². The van der Waals surface area contributed by atoms with Crippen molar-refractivity contribution >= 4 is 18.0 Å². The highest BCUT2D eigenvalue weighted by atomic mass is 16.5. The molecule has 0 aromatic heterocycles. The summed E-state index contributed by atoms with van der Waals surface area (Å²) in [6.07, 6.45) is 8.87. The van der Waals surface area contributed by atoms with Crippen LogP contribution in [0.4, 0.5) is 0 Å². The maximum Gasteiger partial charge on any atom is 0.302 e. The first kappa shape index (κ1) is 24.6. The van der Waals surface area contributed by atoms with Crippen molar-refractivity contribution in [1.29, 1.82) is 0 Å². The Balaban J connectivity index is 1.83. The van der Waals surface area contributed by atoms with Crippen LogP contribution in [0.15, 0.2) is 11.6 Å². The Kier molecular flexibility index (Phi) is 6.00. The fourth-order valence-corrected chi connectivity index (χ4v) is 9.47. The van der Waals surface area contributed by atoms with Gasteiger partial charge in [0, 0.05) is 23.3 Å². The molecule has 0 spiro atoms. The molecule has 0 bridgehead atoms. The molecule has 4 rings (SSSR count). The van der Waals surface area contributed by atoms with Crippen LogP contribution in [-0.4, -0.2) is 35.9 Å². The van der Waals surface area contributed by atoms with E-state index in [2.05, 4.69) is 20.8 Å². The number of esters is 1. The number of Topliss-reactive ketones (excluding diaryl/α,β-unsaturated/α-hetero) is 1. The minimum Gasteiger partial charge on any atom is -0.465 e. The minimum absolute atomic E-state index is 0.0738. The number of ketones is 1. The van der Waals surface area contributed by atoms with E-state index in [-0.39, 0.29) is 39.8 Å². The summed E-state index contributed by atoms with van der Waals surface area (Å²) in [5.41, 5.74) is -0.206. The van der Waals surface area contributed by atoms with Crippen molar-refractivity contribution < 1.29 is 24.2 Å². The van der Waals surface area contributed by atoms with Crippen LogP contribution in [0.25, 0.3) is 0 Å². The largest absolute Gasteiger partial charge is 0.465 e. The van der Waals surface area contributed by atoms with Crippen molar-refractivity contribution in [2.45, 2.75) is 92.6 Å². The van der Waals surface area contributed by atoms with Crippen LogP contribution in [0, 0.1) is 45.3 Å². The molecule has 5 nitrogen and oxygen atoms in total. The van der Waals surface area contributed by atoms with Crippen molar-refractivity contribution in [2.75, 3.05) is 6.61 Å². The summed E-state index contributed by atoms with van der Waals surface area (Å²) < 4.78 is 5.78. The van der Waals surface area contributed by atoms with Crippen molar-refractivity contribution in [2.24, 2.45) is 45.3 Å². The van der Waals surface area contributed by atoms with E-state index in [9.17, 15) is 19.5 Å². The van der Waals surface area contributed by atoms with Crippen molar-refractivity contribution in [3.63, 3.8) is 0 Å². The highest BCUT2D eigenvalue weighted by Gasteiger charge is 2.69. The number of fused-ring (bicyclic) bond motifs is 5. The molecule has 4 aliphatic carbocycles. The average Bonchev–Trinajstić information content (AvgIpc) is 2.72. The Bertz CT molecular complexity index is 874. The second-order valence-corrected chi connectivity index (χ2v) is 12.7. The number of allylic oxidation sites excluding steroid dienone is 2. The van der Waals surface area contributed by atoms with Crippen LogP contribution in [0.2, 0.25) is 0 Å². The number of aldehydes is 1. The molecule has 0 heterocycles. The summed E-state index contributed by atoms with van der Waals surface area (Å²) in [5.74, 6) is -0.163. The van der Waals surface area contributed by atoms with Gasteiger partial charge >= 0.3 is 5.97 Å². The monoisotopic (exact) mass is 458 g/mol. The zero-order valence-corrected chi connectivity index (χ0v) is 21.3. The number of ether oxygens (including phenoxy) is 1. The van der Waals surface area contributed by atoms with Gasteiger partial charge in [-0.2, -0.15) is 0 Å². The summed E-state index contributed by atoms with van der Waals surface area (Å²) in [5, 5.41) is 11.7. The van der Waals surface area contributed by atoms with Gasteiger partial charge in [0.1, 0.15) is 6.29 Å². The van der Waals surface area contributed by atoms with Crippen molar-refractivity contribution in [1.82, 2.24) is 0 Å². The molecule has 8 atom stereocenters. The normalized spacial score (nSPS) is 46.2. The smallest absolute Gasteiger partial charge is 0.302 e. The fourth-order valence-electron chi connectivity index (χ4n) is 9.47. The van der Waals surface area contributed by atoms with Crippen LogP contribution in [0.1, 0.15) is 86.5 Å². The molecular formula is C28H42O5. The molecule has 3 fully saturated rings. The van der Waals surface area contributed by atoms with E-state index in [0.717, 1.165) is 32.0 Å². The number of rotatable bonds is 4. The van der Waals surface area contributed by atoms with Gasteiger partial charge in [0.05, 0.1) is 18.6 Å². The van der Waals surface area contributed by atoms with Gasteiger partial charge < -0.3 is 14.6 Å². The minimum atomic E-state index is -0.684. The zero-order valence-electron chi connectivity index (χ0n) is 21.3. The first-order valence-corrected chi connectivity index (χ1v) is 12.8. The van der Waals surface area contributed by atoms with Crippen molar-refractivity contribution in [3.05, 3.63) is 11.6 Å². The van der Waals surface area contributed by atoms with Crippen LogP contribution in [0.3, 0.4) is 0 Å². The lowest BCUT2D eigenvalue weighted by molar-refractivity contribution is -0.246. The molecule has 4 aliphatic rings. The molecule has 0 aliphatic heterocycles. The third-order valence-corrected chi connectivity index (χ3v) is 11.0. The second kappa shape index (κ2) is 8.03. The lowest BCUT2D eigenvalue weighted by atomic mass is 9.34. The molecule has 0 radical (unpaired) electrons. The fraction of sp³-hybridized carbons (Fsp3) is 0.821. The van der Waals surface area contributed by atoms with Gasteiger partial charge in [-0.1, -0.05) is 40.2 Å². The van der Waals surface area contributed by atoms with E-state index < -0.39 is 17.4 Å². The highest BCUT2D eigenvalue weighted by Crippen LogP contribution is 2.73. The highest BCUT2D eigenvalue weighted by molar-refractivity contribution is 5.97. The average molecular weight is 459 g/mol. The van der Waals surface area contributed by atoms with E-state index in [1.165, 1.54) is 20.3 Å². The Morgan fingerprint density at radius 3 is 2.39 bits per heavy atom. The predicted octanol–water partition coefficient (Wildman–Crippen LogP) is 4.90. The quantitative estimate of drug-likeness (QED) is 0.479. The van der Waals surface area contributed by atoms with Gasteiger partial charge in [0.25, 0.3) is 0 Å². The SMILES string of the molecule is CC(=O)OCC12CCCC(C)(C)C1CCC1(C)C2CC(O)C2(C)C(C=O)C(C(C)=O)=CCC12. The Labute approximate surface area is 198 Å². The van der Waals surface area contributed by atoms with Gasteiger partial charge in [-0.15, -0.1) is 0 Å².